The summed E-state index contributed by atoms with van der Waals surface area (Å²) in [7, 11) is -3.15. The number of sulfone groups is 1. The number of nitrogens with one attached hydrogen (secondary N) is 2. The first kappa shape index (κ1) is 27.6. The average molecular weight is 551 g/mol. The van der Waals surface area contributed by atoms with Gasteiger partial charge in [0, 0.05) is 10.9 Å². The molecule has 2 N–H and O–H groups in total. The summed E-state index contributed by atoms with van der Waals surface area (Å²) in [6.07, 6.45) is 2.41. The summed E-state index contributed by atoms with van der Waals surface area (Å²) in [5, 5.41) is 6.29. The van der Waals surface area contributed by atoms with Crippen LogP contribution in [-0.2, 0) is 27.5 Å². The Morgan fingerprint density at radius 2 is 1.89 bits per heavy atom. The van der Waals surface area contributed by atoms with E-state index in [-0.39, 0.29) is 22.8 Å². The van der Waals surface area contributed by atoms with Gasteiger partial charge in [0.05, 0.1) is 17.1 Å². The van der Waals surface area contributed by atoms with E-state index in [0.717, 1.165) is 29.7 Å². The number of halogens is 1. The van der Waals surface area contributed by atoms with Gasteiger partial charge in [-0.15, -0.1) is 11.3 Å². The second kappa shape index (κ2) is 10.7. The normalized spacial score (nSPS) is 21.6. The molecule has 7 nitrogen and oxygen atoms in total. The summed E-state index contributed by atoms with van der Waals surface area (Å²) < 4.78 is 42.9. The lowest BCUT2D eigenvalue weighted by Gasteiger charge is -2.33. The zero-order chi connectivity index (χ0) is 27.0. The summed E-state index contributed by atoms with van der Waals surface area (Å²) >= 11 is 1.42. The largest absolute Gasteiger partial charge is 0.481 e. The van der Waals surface area contributed by atoms with Crippen molar-refractivity contribution in [3.63, 3.8) is 0 Å². The first-order valence-corrected chi connectivity index (χ1v) is 15.4. The van der Waals surface area contributed by atoms with Gasteiger partial charge in [-0.3, -0.25) is 9.59 Å². The molecule has 2 heterocycles. The van der Waals surface area contributed by atoms with Gasteiger partial charge in [-0.05, 0) is 73.3 Å². The zero-order valence-corrected chi connectivity index (χ0v) is 23.4. The van der Waals surface area contributed by atoms with Crippen molar-refractivity contribution in [1.82, 2.24) is 5.32 Å². The molecule has 2 aromatic rings. The van der Waals surface area contributed by atoms with Gasteiger partial charge in [0.2, 0.25) is 0 Å². The summed E-state index contributed by atoms with van der Waals surface area (Å²) in [6, 6.07) is 5.04. The van der Waals surface area contributed by atoms with E-state index in [2.05, 4.69) is 31.4 Å². The van der Waals surface area contributed by atoms with Gasteiger partial charge in [0.25, 0.3) is 11.8 Å². The van der Waals surface area contributed by atoms with E-state index >= 15 is 0 Å². The highest BCUT2D eigenvalue weighted by molar-refractivity contribution is 7.91. The number of carbonyl (C=O) groups is 2. The van der Waals surface area contributed by atoms with Gasteiger partial charge < -0.3 is 15.4 Å². The van der Waals surface area contributed by atoms with Gasteiger partial charge in [0.1, 0.15) is 16.6 Å². The lowest BCUT2D eigenvalue weighted by atomic mass is 9.72. The van der Waals surface area contributed by atoms with Crippen LogP contribution in [-0.4, -0.2) is 43.9 Å². The van der Waals surface area contributed by atoms with Gasteiger partial charge >= 0.3 is 0 Å². The van der Waals surface area contributed by atoms with Crippen LogP contribution in [0.5, 0.6) is 5.75 Å². The number of amides is 2. The number of hydrogen-bond donors (Lipinski definition) is 2. The SMILES string of the molecule is CCC(Oc1ccc(F)cc1)C(=O)Nc1sc2c(c1C(=O)NC1CCS(=O)(=O)C1)CCC(C(C)(C)C)C2. The van der Waals surface area contributed by atoms with Gasteiger partial charge in [-0.1, -0.05) is 27.7 Å². The van der Waals surface area contributed by atoms with Crippen molar-refractivity contribution >= 4 is 38.0 Å². The molecule has 1 aliphatic carbocycles. The molecule has 1 aromatic heterocycles. The molecule has 37 heavy (non-hydrogen) atoms. The average Bonchev–Trinajstić information content (AvgIpc) is 3.35. The Morgan fingerprint density at radius 3 is 2.49 bits per heavy atom. The van der Waals surface area contributed by atoms with Crippen molar-refractivity contribution < 1.29 is 27.1 Å². The second-order valence-corrected chi connectivity index (χ2v) is 14.4. The number of hydrogen-bond acceptors (Lipinski definition) is 6. The van der Waals surface area contributed by atoms with Crippen LogP contribution in [0.15, 0.2) is 24.3 Å². The number of anilines is 1. The van der Waals surface area contributed by atoms with E-state index in [9.17, 15) is 22.4 Å². The minimum absolute atomic E-state index is 0.0649. The summed E-state index contributed by atoms with van der Waals surface area (Å²) in [6.45, 7) is 8.46. The summed E-state index contributed by atoms with van der Waals surface area (Å²) in [5.41, 5.74) is 1.48. The number of thiophene rings is 1. The molecule has 3 unspecified atom stereocenters. The highest BCUT2D eigenvalue weighted by atomic mass is 32.2. The molecule has 0 bridgehead atoms. The molecule has 0 spiro atoms. The second-order valence-electron chi connectivity index (χ2n) is 11.0. The Morgan fingerprint density at radius 1 is 1.19 bits per heavy atom. The molecule has 0 saturated carbocycles. The topological polar surface area (TPSA) is 102 Å². The van der Waals surface area contributed by atoms with E-state index in [0.29, 0.717) is 35.1 Å². The van der Waals surface area contributed by atoms with Crippen LogP contribution in [0.25, 0.3) is 0 Å². The Kier molecular flexibility index (Phi) is 7.99. The molecule has 3 atom stereocenters. The van der Waals surface area contributed by atoms with Gasteiger partial charge in [-0.2, -0.15) is 0 Å². The van der Waals surface area contributed by atoms with Crippen LogP contribution in [0, 0.1) is 17.2 Å². The molecule has 2 aliphatic rings. The predicted molar refractivity (Wildman–Crippen MR) is 144 cm³/mol. The Hall–Kier alpha value is -2.46. The predicted octanol–water partition coefficient (Wildman–Crippen LogP) is 4.75. The molecule has 4 rings (SSSR count). The molecule has 2 amide bonds. The summed E-state index contributed by atoms with van der Waals surface area (Å²) in [4.78, 5) is 27.8. The first-order valence-electron chi connectivity index (χ1n) is 12.7. The lowest BCUT2D eigenvalue weighted by molar-refractivity contribution is -0.122. The van der Waals surface area contributed by atoms with Crippen LogP contribution >= 0.6 is 11.3 Å². The molecule has 1 saturated heterocycles. The Balaban J connectivity index is 1.59. The van der Waals surface area contributed by atoms with Crippen molar-refractivity contribution in [3.8, 4) is 5.75 Å². The minimum atomic E-state index is -3.15. The first-order chi connectivity index (χ1) is 17.4. The van der Waals surface area contributed by atoms with Crippen LogP contribution < -0.4 is 15.4 Å². The fourth-order valence-corrected chi connectivity index (χ4v) is 8.01. The third-order valence-corrected chi connectivity index (χ3v) is 10.2. The Bertz CT molecular complexity index is 1260. The standard InChI is InChI=1S/C27H35FN2O5S2/c1-5-21(35-19-9-7-17(28)8-10-19)24(31)30-26-23(25(32)29-18-12-13-37(33,34)15-18)20-11-6-16(27(2,3)4)14-22(20)36-26/h7-10,16,18,21H,5-6,11-15H2,1-4H3,(H,29,32)(H,30,31). The molecular formula is C27H35FN2O5S2. The lowest BCUT2D eigenvalue weighted by Crippen LogP contribution is -2.37. The summed E-state index contributed by atoms with van der Waals surface area (Å²) in [5.74, 6) is -0.316. The van der Waals surface area contributed by atoms with E-state index in [4.69, 9.17) is 4.74 Å². The Labute approximate surface area is 222 Å². The van der Waals surface area contributed by atoms with Gasteiger partial charge in [-0.25, -0.2) is 12.8 Å². The number of benzene rings is 1. The quantitative estimate of drug-likeness (QED) is 0.518. The molecule has 10 heteroatoms. The maximum absolute atomic E-state index is 13.5. The smallest absolute Gasteiger partial charge is 0.266 e. The number of rotatable bonds is 7. The molecule has 202 valence electrons. The van der Waals surface area contributed by atoms with Gasteiger partial charge in [0.15, 0.2) is 15.9 Å². The van der Waals surface area contributed by atoms with Crippen molar-refractivity contribution in [3.05, 3.63) is 46.1 Å². The zero-order valence-electron chi connectivity index (χ0n) is 21.7. The maximum Gasteiger partial charge on any atom is 0.266 e. The molecule has 0 radical (unpaired) electrons. The highest BCUT2D eigenvalue weighted by Crippen LogP contribution is 2.44. The number of ether oxygens (including phenoxy) is 1. The van der Waals surface area contributed by atoms with Crippen LogP contribution in [0.4, 0.5) is 9.39 Å². The molecule has 1 fully saturated rings. The fourth-order valence-electron chi connectivity index (χ4n) is 5.01. The third-order valence-electron chi connectivity index (χ3n) is 7.28. The number of carbonyl (C=O) groups excluding carboxylic acids is 2. The van der Waals surface area contributed by atoms with E-state index in [1.54, 1.807) is 0 Å². The monoisotopic (exact) mass is 550 g/mol. The highest BCUT2D eigenvalue weighted by Gasteiger charge is 2.36. The minimum Gasteiger partial charge on any atom is -0.481 e. The van der Waals surface area contributed by atoms with Crippen molar-refractivity contribution in [2.75, 3.05) is 16.8 Å². The molecule has 1 aromatic carbocycles. The third kappa shape index (κ3) is 6.52. The van der Waals surface area contributed by atoms with Crippen LogP contribution in [0.2, 0.25) is 0 Å². The molecular weight excluding hydrogens is 515 g/mol. The maximum atomic E-state index is 13.5. The van der Waals surface area contributed by atoms with Crippen molar-refractivity contribution in [2.24, 2.45) is 11.3 Å². The number of fused-ring (bicyclic) bond motifs is 1. The van der Waals surface area contributed by atoms with E-state index in [1.165, 1.54) is 35.6 Å². The van der Waals surface area contributed by atoms with Crippen molar-refractivity contribution in [1.29, 1.82) is 0 Å². The molecule has 1 aliphatic heterocycles. The van der Waals surface area contributed by atoms with Crippen LogP contribution in [0.1, 0.15) is 67.8 Å². The van der Waals surface area contributed by atoms with Crippen LogP contribution in [0.3, 0.4) is 0 Å². The van der Waals surface area contributed by atoms with E-state index < -0.39 is 33.7 Å². The fraction of sp³-hybridized carbons (Fsp3) is 0.556. The van der Waals surface area contributed by atoms with Crippen molar-refractivity contribution in [2.45, 2.75) is 71.9 Å². The van der Waals surface area contributed by atoms with E-state index in [1.807, 2.05) is 6.92 Å².